The molecule has 5 heteroatoms. The molecule has 1 aromatic carbocycles. The minimum Gasteiger partial charge on any atom is -0.296 e. The summed E-state index contributed by atoms with van der Waals surface area (Å²) < 4.78 is 15.8. The van der Waals surface area contributed by atoms with Crippen LogP contribution in [0.1, 0.15) is 24.6 Å². The maximum Gasteiger partial charge on any atom is 0.161 e. The van der Waals surface area contributed by atoms with Crippen LogP contribution in [-0.4, -0.2) is 20.3 Å². The summed E-state index contributed by atoms with van der Waals surface area (Å²) in [6.07, 6.45) is 5.38. The van der Waals surface area contributed by atoms with Crippen LogP contribution in [0.25, 0.3) is 22.6 Å². The summed E-state index contributed by atoms with van der Waals surface area (Å²) in [7, 11) is 0. The van der Waals surface area contributed by atoms with E-state index in [1.54, 1.807) is 18.3 Å². The third-order valence-corrected chi connectivity index (χ3v) is 5.33. The first-order valence-electron chi connectivity index (χ1n) is 7.53. The van der Waals surface area contributed by atoms with Crippen molar-refractivity contribution in [1.82, 2.24) is 14.5 Å². The molecule has 0 amide bonds. The van der Waals surface area contributed by atoms with Crippen LogP contribution in [0.3, 0.4) is 0 Å². The molecule has 0 spiro atoms. The zero-order chi connectivity index (χ0) is 14.9. The summed E-state index contributed by atoms with van der Waals surface area (Å²) >= 11 is 1.94. The van der Waals surface area contributed by atoms with Crippen molar-refractivity contribution in [2.75, 3.05) is 5.75 Å². The van der Waals surface area contributed by atoms with Crippen LogP contribution in [0, 0.1) is 5.82 Å². The summed E-state index contributed by atoms with van der Waals surface area (Å²) in [4.78, 5) is 9.24. The van der Waals surface area contributed by atoms with Gasteiger partial charge in [0.25, 0.3) is 0 Å². The molecule has 2 aromatic heterocycles. The monoisotopic (exact) mass is 313 g/mol. The SMILES string of the molecule is Fc1cccc(-c2nc3cccnc3n2C2CCCCS2)c1. The van der Waals surface area contributed by atoms with E-state index in [0.717, 1.165) is 34.7 Å². The van der Waals surface area contributed by atoms with Crippen LogP contribution in [0.15, 0.2) is 42.6 Å². The van der Waals surface area contributed by atoms with Gasteiger partial charge in [-0.3, -0.25) is 4.57 Å². The van der Waals surface area contributed by atoms with Crippen LogP contribution in [0.2, 0.25) is 0 Å². The first-order valence-corrected chi connectivity index (χ1v) is 8.58. The second-order valence-electron chi connectivity index (χ2n) is 5.48. The molecule has 1 atom stereocenters. The van der Waals surface area contributed by atoms with Gasteiger partial charge in [-0.25, -0.2) is 14.4 Å². The van der Waals surface area contributed by atoms with E-state index >= 15 is 0 Å². The van der Waals surface area contributed by atoms with Crippen molar-refractivity contribution in [2.24, 2.45) is 0 Å². The topological polar surface area (TPSA) is 30.7 Å². The highest BCUT2D eigenvalue weighted by Gasteiger charge is 2.23. The summed E-state index contributed by atoms with van der Waals surface area (Å²) in [5.74, 6) is 1.73. The van der Waals surface area contributed by atoms with Gasteiger partial charge in [0.05, 0.1) is 5.37 Å². The first-order chi connectivity index (χ1) is 10.8. The van der Waals surface area contributed by atoms with Gasteiger partial charge in [0, 0.05) is 11.8 Å². The number of benzene rings is 1. The van der Waals surface area contributed by atoms with Crippen molar-refractivity contribution in [1.29, 1.82) is 0 Å². The van der Waals surface area contributed by atoms with Crippen molar-refractivity contribution in [3.05, 3.63) is 48.4 Å². The Morgan fingerprint density at radius 3 is 2.95 bits per heavy atom. The second kappa shape index (κ2) is 5.72. The zero-order valence-electron chi connectivity index (χ0n) is 12.1. The minimum absolute atomic E-state index is 0.236. The summed E-state index contributed by atoms with van der Waals surface area (Å²) in [6, 6.07) is 10.5. The number of hydrogen-bond acceptors (Lipinski definition) is 3. The number of hydrogen-bond donors (Lipinski definition) is 0. The van der Waals surface area contributed by atoms with E-state index in [4.69, 9.17) is 4.98 Å². The summed E-state index contributed by atoms with van der Waals surface area (Å²) in [6.45, 7) is 0. The van der Waals surface area contributed by atoms with Gasteiger partial charge in [0.15, 0.2) is 5.65 Å². The molecule has 3 heterocycles. The molecular weight excluding hydrogens is 297 g/mol. The van der Waals surface area contributed by atoms with Crippen molar-refractivity contribution >= 4 is 22.9 Å². The highest BCUT2D eigenvalue weighted by molar-refractivity contribution is 7.99. The van der Waals surface area contributed by atoms with Crippen LogP contribution in [0.5, 0.6) is 0 Å². The molecular formula is C17H16FN3S. The van der Waals surface area contributed by atoms with Crippen LogP contribution in [0.4, 0.5) is 4.39 Å². The molecule has 22 heavy (non-hydrogen) atoms. The highest BCUT2D eigenvalue weighted by Crippen LogP contribution is 2.39. The lowest BCUT2D eigenvalue weighted by atomic mass is 10.2. The smallest absolute Gasteiger partial charge is 0.161 e. The summed E-state index contributed by atoms with van der Waals surface area (Å²) in [5.41, 5.74) is 2.57. The van der Waals surface area contributed by atoms with Gasteiger partial charge >= 0.3 is 0 Å². The zero-order valence-corrected chi connectivity index (χ0v) is 12.9. The van der Waals surface area contributed by atoms with Crippen molar-refractivity contribution in [2.45, 2.75) is 24.6 Å². The Kier molecular flexibility index (Phi) is 3.58. The van der Waals surface area contributed by atoms with Gasteiger partial charge in [-0.15, -0.1) is 11.8 Å². The molecule has 0 saturated carbocycles. The fourth-order valence-electron chi connectivity index (χ4n) is 2.96. The van der Waals surface area contributed by atoms with Crippen molar-refractivity contribution in [3.63, 3.8) is 0 Å². The van der Waals surface area contributed by atoms with E-state index in [9.17, 15) is 4.39 Å². The molecule has 1 aliphatic rings. The Hall–Kier alpha value is -1.88. The first kappa shape index (κ1) is 13.8. The number of aromatic nitrogens is 3. The van der Waals surface area contributed by atoms with Crippen molar-refractivity contribution in [3.8, 4) is 11.4 Å². The van der Waals surface area contributed by atoms with Crippen molar-refractivity contribution < 1.29 is 4.39 Å². The van der Waals surface area contributed by atoms with Gasteiger partial charge in [-0.05, 0) is 49.3 Å². The standard InChI is InChI=1S/C17H16FN3S/c18-13-6-3-5-12(11-13)16-20-14-7-4-9-19-17(14)21(16)15-8-1-2-10-22-15/h3-7,9,11,15H,1-2,8,10H2. The predicted molar refractivity (Wildman–Crippen MR) is 88.3 cm³/mol. The quantitative estimate of drug-likeness (QED) is 0.690. The van der Waals surface area contributed by atoms with Crippen LogP contribution < -0.4 is 0 Å². The maximum absolute atomic E-state index is 13.6. The molecule has 0 aliphatic carbocycles. The van der Waals surface area contributed by atoms with Gasteiger partial charge in [0.1, 0.15) is 17.2 Å². The second-order valence-corrected chi connectivity index (χ2v) is 6.77. The molecule has 1 fully saturated rings. The van der Waals surface area contributed by atoms with E-state index in [1.807, 2.05) is 30.0 Å². The van der Waals surface area contributed by atoms with Gasteiger partial charge in [-0.1, -0.05) is 12.1 Å². The molecule has 1 aliphatic heterocycles. The lowest BCUT2D eigenvalue weighted by molar-refractivity contribution is 0.580. The van der Waals surface area contributed by atoms with E-state index in [2.05, 4.69) is 9.55 Å². The maximum atomic E-state index is 13.6. The van der Waals surface area contributed by atoms with Gasteiger partial charge in [-0.2, -0.15) is 0 Å². The number of halogens is 1. The van der Waals surface area contributed by atoms with Gasteiger partial charge < -0.3 is 0 Å². The molecule has 0 bridgehead atoms. The van der Waals surface area contributed by atoms with E-state index < -0.39 is 0 Å². The number of rotatable bonds is 2. The Balaban J connectivity index is 1.93. The number of nitrogens with zero attached hydrogens (tertiary/aromatic N) is 3. The average Bonchev–Trinajstić information content (AvgIpc) is 2.95. The fourth-order valence-corrected chi connectivity index (χ4v) is 4.29. The molecule has 0 radical (unpaired) electrons. The lowest BCUT2D eigenvalue weighted by Crippen LogP contribution is -2.12. The minimum atomic E-state index is -0.236. The Labute approximate surface area is 132 Å². The highest BCUT2D eigenvalue weighted by atomic mass is 32.2. The lowest BCUT2D eigenvalue weighted by Gasteiger charge is -2.24. The average molecular weight is 313 g/mol. The molecule has 1 unspecified atom stereocenters. The van der Waals surface area contributed by atoms with E-state index in [1.165, 1.54) is 18.9 Å². The van der Waals surface area contributed by atoms with E-state index in [-0.39, 0.29) is 5.82 Å². The third kappa shape index (κ3) is 2.39. The normalized spacial score (nSPS) is 18.7. The van der Waals surface area contributed by atoms with Gasteiger partial charge in [0.2, 0.25) is 0 Å². The molecule has 1 saturated heterocycles. The summed E-state index contributed by atoms with van der Waals surface area (Å²) in [5, 5.41) is 0.326. The largest absolute Gasteiger partial charge is 0.296 e. The Morgan fingerprint density at radius 2 is 2.14 bits per heavy atom. The number of pyridine rings is 1. The number of thioether (sulfide) groups is 1. The number of imidazole rings is 1. The van der Waals surface area contributed by atoms with Crippen LogP contribution in [-0.2, 0) is 0 Å². The number of fused-ring (bicyclic) bond motifs is 1. The molecule has 3 aromatic rings. The van der Waals surface area contributed by atoms with E-state index in [0.29, 0.717) is 5.37 Å². The molecule has 0 N–H and O–H groups in total. The Morgan fingerprint density at radius 1 is 1.18 bits per heavy atom. The molecule has 3 nitrogen and oxygen atoms in total. The molecule has 4 rings (SSSR count). The van der Waals surface area contributed by atoms with Crippen LogP contribution >= 0.6 is 11.8 Å². The fraction of sp³-hybridized carbons (Fsp3) is 0.294. The predicted octanol–water partition coefficient (Wildman–Crippen LogP) is 4.65. The Bertz CT molecular complexity index is 809. The third-order valence-electron chi connectivity index (χ3n) is 3.98. The molecule has 112 valence electrons.